The fraction of sp³-hybridized carbons (Fsp3) is 0.517. The molecular weight excluding hydrogens is 462 g/mol. The summed E-state index contributed by atoms with van der Waals surface area (Å²) in [5, 5.41) is 17.4. The maximum absolute atomic E-state index is 9.35. The zero-order valence-electron chi connectivity index (χ0n) is 22.7. The summed E-state index contributed by atoms with van der Waals surface area (Å²) in [7, 11) is 0. The molecule has 2 atom stereocenters. The fourth-order valence-electron chi connectivity index (χ4n) is 5.78. The molecule has 3 heterocycles. The Bertz CT molecular complexity index is 1330. The highest BCUT2D eigenvalue weighted by Crippen LogP contribution is 2.36. The third-order valence-corrected chi connectivity index (χ3v) is 7.84. The highest BCUT2D eigenvalue weighted by molar-refractivity contribution is 5.95. The molecule has 2 aromatic heterocycles. The molecule has 1 unspecified atom stereocenters. The van der Waals surface area contributed by atoms with Gasteiger partial charge in [-0.2, -0.15) is 0 Å². The highest BCUT2D eigenvalue weighted by atomic mass is 16.4. The van der Waals surface area contributed by atoms with Crippen molar-refractivity contribution in [3.05, 3.63) is 46.9 Å². The van der Waals surface area contributed by atoms with Crippen molar-refractivity contribution in [2.75, 3.05) is 26.2 Å². The van der Waals surface area contributed by atoms with E-state index in [2.05, 4.69) is 62.4 Å². The first-order valence-corrected chi connectivity index (χ1v) is 13.4. The number of amidine groups is 1. The van der Waals surface area contributed by atoms with Crippen molar-refractivity contribution < 1.29 is 5.21 Å². The summed E-state index contributed by atoms with van der Waals surface area (Å²) in [4.78, 5) is 20.1. The van der Waals surface area contributed by atoms with Gasteiger partial charge in [-0.25, -0.2) is 15.0 Å². The average Bonchev–Trinajstić information content (AvgIpc) is 3.26. The van der Waals surface area contributed by atoms with Crippen LogP contribution in [0.5, 0.6) is 0 Å². The van der Waals surface area contributed by atoms with Gasteiger partial charge < -0.3 is 15.5 Å². The minimum Gasteiger partial charge on any atom is -0.409 e. The van der Waals surface area contributed by atoms with E-state index in [4.69, 9.17) is 4.98 Å². The van der Waals surface area contributed by atoms with E-state index < -0.39 is 0 Å². The second-order valence-electron chi connectivity index (χ2n) is 11.5. The van der Waals surface area contributed by atoms with Crippen LogP contribution in [0.15, 0.2) is 34.7 Å². The average molecular weight is 502 g/mol. The number of hydrogen-bond donors (Lipinski definition) is 3. The summed E-state index contributed by atoms with van der Waals surface area (Å²) in [5.74, 6) is 0.508. The number of aromatic amines is 1. The Morgan fingerprint density at radius 1 is 1.22 bits per heavy atom. The van der Waals surface area contributed by atoms with Gasteiger partial charge in [0.15, 0.2) is 5.84 Å². The van der Waals surface area contributed by atoms with Crippen LogP contribution in [-0.2, 0) is 12.8 Å². The number of aryl methyl sites for hydroxylation is 2. The van der Waals surface area contributed by atoms with Gasteiger partial charge in [-0.3, -0.25) is 4.90 Å². The van der Waals surface area contributed by atoms with E-state index in [-0.39, 0.29) is 11.3 Å². The van der Waals surface area contributed by atoms with Crippen LogP contribution in [0, 0.1) is 12.3 Å². The third-order valence-electron chi connectivity index (χ3n) is 7.84. The lowest BCUT2D eigenvalue weighted by Gasteiger charge is -2.37. The molecule has 8 heteroatoms. The van der Waals surface area contributed by atoms with Gasteiger partial charge in [0, 0.05) is 72.8 Å². The molecule has 5 rings (SSSR count). The van der Waals surface area contributed by atoms with Crippen LogP contribution >= 0.6 is 0 Å². The number of piperazine rings is 1. The fourth-order valence-corrected chi connectivity index (χ4v) is 5.78. The largest absolute Gasteiger partial charge is 0.409 e. The maximum atomic E-state index is 9.35. The predicted octanol–water partition coefficient (Wildman–Crippen LogP) is 4.70. The van der Waals surface area contributed by atoms with Crippen LogP contribution in [0.4, 0.5) is 0 Å². The second-order valence-corrected chi connectivity index (χ2v) is 11.5. The number of rotatable bonds is 4. The Hall–Kier alpha value is -3.10. The number of hydrogen-bond acceptors (Lipinski definition) is 6. The Morgan fingerprint density at radius 2 is 2.00 bits per heavy atom. The smallest absolute Gasteiger partial charge is 0.172 e. The number of nitrogens with zero attached hydrogens (tertiary/aromatic N) is 5. The lowest BCUT2D eigenvalue weighted by Crippen LogP contribution is -2.50. The van der Waals surface area contributed by atoms with E-state index in [1.54, 1.807) is 6.33 Å². The first kappa shape index (κ1) is 25.5. The van der Waals surface area contributed by atoms with Crippen molar-refractivity contribution in [1.82, 2.24) is 25.2 Å². The van der Waals surface area contributed by atoms with Crippen molar-refractivity contribution >= 4 is 23.1 Å². The van der Waals surface area contributed by atoms with Crippen LogP contribution < -0.4 is 5.32 Å². The molecule has 196 valence electrons. The van der Waals surface area contributed by atoms with Gasteiger partial charge in [-0.05, 0) is 42.5 Å². The van der Waals surface area contributed by atoms with Crippen molar-refractivity contribution in [3.8, 4) is 11.3 Å². The Balaban J connectivity index is 1.42. The van der Waals surface area contributed by atoms with Crippen LogP contribution in [0.1, 0.15) is 62.4 Å². The summed E-state index contributed by atoms with van der Waals surface area (Å²) in [6.45, 7) is 14.6. The zero-order valence-corrected chi connectivity index (χ0v) is 22.7. The molecule has 37 heavy (non-hydrogen) atoms. The Labute approximate surface area is 219 Å². The first-order chi connectivity index (χ1) is 17.8. The van der Waals surface area contributed by atoms with Crippen molar-refractivity contribution in [2.24, 2.45) is 15.6 Å². The van der Waals surface area contributed by atoms with E-state index >= 15 is 0 Å². The zero-order chi connectivity index (χ0) is 26.2. The summed E-state index contributed by atoms with van der Waals surface area (Å²) >= 11 is 0. The van der Waals surface area contributed by atoms with Crippen molar-refractivity contribution in [3.63, 3.8) is 0 Å². The quantitative estimate of drug-likeness (QED) is 0.208. The van der Waals surface area contributed by atoms with E-state index in [1.165, 1.54) is 34.2 Å². The van der Waals surface area contributed by atoms with Gasteiger partial charge in [0.25, 0.3) is 0 Å². The number of benzene rings is 1. The molecule has 1 aliphatic carbocycles. The molecule has 1 saturated heterocycles. The van der Waals surface area contributed by atoms with Gasteiger partial charge in [-0.1, -0.05) is 45.0 Å². The molecule has 3 N–H and O–H groups in total. The number of oxime groups is 1. The molecule has 0 radical (unpaired) electrons. The summed E-state index contributed by atoms with van der Waals surface area (Å²) < 4.78 is 0. The summed E-state index contributed by atoms with van der Waals surface area (Å²) in [6, 6.07) is 7.14. The molecule has 0 spiro atoms. The predicted molar refractivity (Wildman–Crippen MR) is 150 cm³/mol. The lowest BCUT2D eigenvalue weighted by molar-refractivity contribution is 0.158. The number of aliphatic imine (C=N–C) groups is 1. The maximum Gasteiger partial charge on any atom is 0.172 e. The topological polar surface area (TPSA) is 102 Å². The van der Waals surface area contributed by atoms with Crippen molar-refractivity contribution in [2.45, 2.75) is 65.8 Å². The van der Waals surface area contributed by atoms with Gasteiger partial charge in [0.2, 0.25) is 0 Å². The van der Waals surface area contributed by atoms with E-state index in [0.717, 1.165) is 55.9 Å². The van der Waals surface area contributed by atoms with Crippen LogP contribution in [-0.4, -0.2) is 69.3 Å². The number of fused-ring (bicyclic) bond motifs is 3. The number of nitrogens with one attached hydrogen (secondary N) is 2. The lowest BCUT2D eigenvalue weighted by atomic mass is 9.89. The van der Waals surface area contributed by atoms with E-state index in [1.807, 2.05) is 27.0 Å². The molecule has 0 bridgehead atoms. The summed E-state index contributed by atoms with van der Waals surface area (Å²) in [5.41, 5.74) is 7.82. The van der Waals surface area contributed by atoms with E-state index in [9.17, 15) is 5.21 Å². The second kappa shape index (κ2) is 10.3. The molecule has 0 saturated carbocycles. The molecule has 2 aliphatic rings. The third kappa shape index (κ3) is 5.18. The van der Waals surface area contributed by atoms with Crippen LogP contribution in [0.25, 0.3) is 22.3 Å². The van der Waals surface area contributed by atoms with Crippen molar-refractivity contribution in [1.29, 1.82) is 0 Å². The molecular formula is C29H39N7O. The minimum absolute atomic E-state index is 0.0838. The standard InChI is InChI=1S/C29H39N7O/c1-18-14-20(6-8-22(18)19(2)16-31-28(35-37)29(3,4)5)26-25-23-9-7-21(36-12-10-30-11-13-36)15-24(23)34-27(25)33-17-32-26/h6,8,14,16-17,19,21,30,37H,7,9-13,15H2,1-5H3,(H,32,33,34)/b31-16?,35-28-/t19-,21?/m0/s1. The van der Waals surface area contributed by atoms with Gasteiger partial charge >= 0.3 is 0 Å². The number of H-pyrrole nitrogens is 1. The molecule has 1 fully saturated rings. The Morgan fingerprint density at radius 3 is 2.70 bits per heavy atom. The molecule has 1 aliphatic heterocycles. The SMILES string of the molecule is Cc1cc(-c2ncnc3[nH]c4c(c23)CCC(N2CCNCC2)C4)ccc1[C@@H](C)C=N/C(=N\O)C(C)(C)C. The summed E-state index contributed by atoms with van der Waals surface area (Å²) in [6.07, 6.45) is 6.82. The van der Waals surface area contributed by atoms with Gasteiger partial charge in [-0.15, -0.1) is 0 Å². The molecule has 1 aromatic carbocycles. The molecule has 3 aromatic rings. The number of aromatic nitrogens is 3. The van der Waals surface area contributed by atoms with Gasteiger partial charge in [0.1, 0.15) is 12.0 Å². The monoisotopic (exact) mass is 501 g/mol. The highest BCUT2D eigenvalue weighted by Gasteiger charge is 2.29. The van der Waals surface area contributed by atoms with Gasteiger partial charge in [0.05, 0.1) is 5.69 Å². The Kier molecular flexibility index (Phi) is 7.14. The van der Waals surface area contributed by atoms with E-state index in [0.29, 0.717) is 11.9 Å². The van der Waals surface area contributed by atoms with Crippen LogP contribution in [0.3, 0.4) is 0 Å². The van der Waals surface area contributed by atoms with Crippen LogP contribution in [0.2, 0.25) is 0 Å². The molecule has 0 amide bonds. The normalized spacial score (nSPS) is 20.5. The molecule has 8 nitrogen and oxygen atoms in total. The first-order valence-electron chi connectivity index (χ1n) is 13.4. The minimum atomic E-state index is -0.317.